The minimum absolute atomic E-state index is 0.197. The van der Waals surface area contributed by atoms with E-state index in [0.717, 1.165) is 0 Å². The monoisotopic (exact) mass is 364 g/mol. The van der Waals surface area contributed by atoms with Gasteiger partial charge in [0.1, 0.15) is 10.9 Å². The minimum atomic E-state index is -1.08. The van der Waals surface area contributed by atoms with Crippen molar-refractivity contribution >= 4 is 41.2 Å². The number of hydrogen-bond acceptors (Lipinski definition) is 5. The quantitative estimate of drug-likeness (QED) is 0.551. The van der Waals surface area contributed by atoms with Gasteiger partial charge in [0.15, 0.2) is 0 Å². The average molecular weight is 365 g/mol. The SMILES string of the molecule is CCOC(=O)C1=C(COC(=O)[C@@H]2CC2(Cl)Cl)NC(=O)N[C@@H]1CC. The molecule has 128 valence electrons. The van der Waals surface area contributed by atoms with Crippen molar-refractivity contribution in [2.75, 3.05) is 13.2 Å². The van der Waals surface area contributed by atoms with Gasteiger partial charge in [0.2, 0.25) is 0 Å². The number of carbonyl (C=O) groups is 3. The van der Waals surface area contributed by atoms with Crippen LogP contribution in [-0.4, -0.2) is 41.6 Å². The molecule has 0 bridgehead atoms. The Bertz CT molecular complexity index is 561. The molecule has 0 aromatic rings. The van der Waals surface area contributed by atoms with E-state index in [9.17, 15) is 14.4 Å². The number of nitrogens with one attached hydrogen (secondary N) is 2. The summed E-state index contributed by atoms with van der Waals surface area (Å²) in [6.07, 6.45) is 0.818. The molecule has 1 aliphatic heterocycles. The molecule has 23 heavy (non-hydrogen) atoms. The molecule has 2 aliphatic rings. The molecule has 0 aromatic heterocycles. The van der Waals surface area contributed by atoms with Crippen molar-refractivity contribution in [3.8, 4) is 0 Å². The van der Waals surface area contributed by atoms with Crippen LogP contribution in [-0.2, 0) is 19.1 Å². The second kappa shape index (κ2) is 6.97. The van der Waals surface area contributed by atoms with E-state index in [2.05, 4.69) is 10.6 Å². The van der Waals surface area contributed by atoms with Gasteiger partial charge in [-0.1, -0.05) is 6.92 Å². The van der Waals surface area contributed by atoms with Gasteiger partial charge in [0.05, 0.1) is 29.8 Å². The Morgan fingerprint density at radius 1 is 1.30 bits per heavy atom. The number of rotatable bonds is 6. The van der Waals surface area contributed by atoms with Gasteiger partial charge >= 0.3 is 18.0 Å². The van der Waals surface area contributed by atoms with E-state index in [1.54, 1.807) is 6.92 Å². The molecule has 2 rings (SSSR count). The first-order valence-electron chi connectivity index (χ1n) is 7.32. The van der Waals surface area contributed by atoms with Crippen LogP contribution >= 0.6 is 23.2 Å². The number of amides is 2. The van der Waals surface area contributed by atoms with E-state index in [1.807, 2.05) is 6.92 Å². The lowest BCUT2D eigenvalue weighted by Crippen LogP contribution is -2.51. The normalized spacial score (nSPS) is 25.3. The van der Waals surface area contributed by atoms with E-state index < -0.39 is 34.3 Å². The fourth-order valence-electron chi connectivity index (χ4n) is 2.29. The molecule has 0 radical (unpaired) electrons. The zero-order chi connectivity index (χ0) is 17.2. The van der Waals surface area contributed by atoms with Crippen LogP contribution in [0.25, 0.3) is 0 Å². The topological polar surface area (TPSA) is 93.7 Å². The van der Waals surface area contributed by atoms with Gasteiger partial charge in [-0.05, 0) is 19.8 Å². The van der Waals surface area contributed by atoms with Crippen LogP contribution in [0.3, 0.4) is 0 Å². The van der Waals surface area contributed by atoms with Gasteiger partial charge in [-0.3, -0.25) is 4.79 Å². The summed E-state index contributed by atoms with van der Waals surface area (Å²) in [6, 6.07) is -0.969. The molecule has 0 unspecified atom stereocenters. The van der Waals surface area contributed by atoms with Gasteiger partial charge in [-0.15, -0.1) is 23.2 Å². The summed E-state index contributed by atoms with van der Waals surface area (Å²) in [5.74, 6) is -1.71. The Hall–Kier alpha value is -1.47. The largest absolute Gasteiger partial charge is 0.463 e. The summed E-state index contributed by atoms with van der Waals surface area (Å²) in [4.78, 5) is 35.6. The summed E-state index contributed by atoms with van der Waals surface area (Å²) < 4.78 is 9.05. The lowest BCUT2D eigenvalue weighted by molar-refractivity contribution is -0.145. The summed E-state index contributed by atoms with van der Waals surface area (Å²) in [6.45, 7) is 3.44. The number of esters is 2. The maximum Gasteiger partial charge on any atom is 0.338 e. The van der Waals surface area contributed by atoms with Gasteiger partial charge in [-0.25, -0.2) is 9.59 Å². The predicted molar refractivity (Wildman–Crippen MR) is 82.9 cm³/mol. The van der Waals surface area contributed by atoms with E-state index >= 15 is 0 Å². The Balaban J connectivity index is 2.13. The minimum Gasteiger partial charge on any atom is -0.463 e. The summed E-state index contributed by atoms with van der Waals surface area (Å²) in [7, 11) is 0. The Labute approximate surface area is 143 Å². The summed E-state index contributed by atoms with van der Waals surface area (Å²) in [5, 5.41) is 5.12. The highest BCUT2D eigenvalue weighted by Gasteiger charge is 2.57. The zero-order valence-electron chi connectivity index (χ0n) is 12.8. The molecule has 9 heteroatoms. The van der Waals surface area contributed by atoms with Gasteiger partial charge in [0.25, 0.3) is 0 Å². The first-order valence-corrected chi connectivity index (χ1v) is 8.07. The Morgan fingerprint density at radius 2 is 1.96 bits per heavy atom. The van der Waals surface area contributed by atoms with E-state index in [-0.39, 0.29) is 24.5 Å². The number of alkyl halides is 2. The van der Waals surface area contributed by atoms with Gasteiger partial charge in [-0.2, -0.15) is 0 Å². The Morgan fingerprint density at radius 3 is 2.48 bits per heavy atom. The first-order chi connectivity index (χ1) is 10.8. The molecule has 0 saturated heterocycles. The fraction of sp³-hybridized carbons (Fsp3) is 0.643. The van der Waals surface area contributed by atoms with E-state index in [4.69, 9.17) is 32.7 Å². The third-order valence-electron chi connectivity index (χ3n) is 3.62. The lowest BCUT2D eigenvalue weighted by Gasteiger charge is -2.28. The van der Waals surface area contributed by atoms with Crippen molar-refractivity contribution in [3.05, 3.63) is 11.3 Å². The van der Waals surface area contributed by atoms with Crippen LogP contribution in [0.15, 0.2) is 11.3 Å². The highest BCUT2D eigenvalue weighted by Crippen LogP contribution is 2.53. The maximum absolute atomic E-state index is 12.1. The van der Waals surface area contributed by atoms with Crippen LogP contribution in [0.4, 0.5) is 4.79 Å². The molecule has 0 spiro atoms. The number of ether oxygens (including phenoxy) is 2. The standard InChI is InChI=1S/C14H18Cl2N2O5/c1-3-8-10(12(20)22-4-2)9(18-13(21)17-8)6-23-11(19)7-5-14(7,15)16/h7-8H,3-6H2,1-2H3,(H2,17,18,21)/t7-,8+/m0/s1. The fourth-order valence-corrected chi connectivity index (χ4v) is 2.78. The van der Waals surface area contributed by atoms with Crippen LogP contribution in [0.5, 0.6) is 0 Å². The second-order valence-electron chi connectivity index (χ2n) is 5.30. The molecule has 7 nitrogen and oxygen atoms in total. The molecular formula is C14H18Cl2N2O5. The molecule has 1 fully saturated rings. The third-order valence-corrected chi connectivity index (χ3v) is 4.45. The van der Waals surface area contributed by atoms with Crippen LogP contribution < -0.4 is 10.6 Å². The molecule has 0 aromatic carbocycles. The number of urea groups is 1. The van der Waals surface area contributed by atoms with Crippen molar-refractivity contribution in [2.45, 2.75) is 37.1 Å². The average Bonchev–Trinajstić information content (AvgIpc) is 3.13. The van der Waals surface area contributed by atoms with E-state index in [1.165, 1.54) is 0 Å². The van der Waals surface area contributed by atoms with Crippen molar-refractivity contribution in [3.63, 3.8) is 0 Å². The highest BCUT2D eigenvalue weighted by molar-refractivity contribution is 6.52. The summed E-state index contributed by atoms with van der Waals surface area (Å²) >= 11 is 11.6. The molecular weight excluding hydrogens is 347 g/mol. The number of hydrogen-bond donors (Lipinski definition) is 2. The third kappa shape index (κ3) is 4.09. The molecule has 2 N–H and O–H groups in total. The summed E-state index contributed by atoms with van der Waals surface area (Å²) in [5.41, 5.74) is 0.461. The molecule has 1 aliphatic carbocycles. The molecule has 2 atom stereocenters. The molecule has 2 amide bonds. The number of halogens is 2. The van der Waals surface area contributed by atoms with Crippen molar-refractivity contribution in [1.29, 1.82) is 0 Å². The van der Waals surface area contributed by atoms with Gasteiger partial charge < -0.3 is 20.1 Å². The number of carbonyl (C=O) groups excluding carboxylic acids is 3. The van der Waals surface area contributed by atoms with Crippen LogP contribution in [0.1, 0.15) is 26.7 Å². The van der Waals surface area contributed by atoms with Gasteiger partial charge in [0, 0.05) is 0 Å². The highest BCUT2D eigenvalue weighted by atomic mass is 35.5. The second-order valence-corrected chi connectivity index (χ2v) is 6.84. The van der Waals surface area contributed by atoms with Crippen molar-refractivity contribution in [2.24, 2.45) is 5.92 Å². The molecule has 1 saturated carbocycles. The zero-order valence-corrected chi connectivity index (χ0v) is 14.3. The first kappa shape index (κ1) is 17.9. The van der Waals surface area contributed by atoms with Crippen molar-refractivity contribution < 1.29 is 23.9 Å². The Kier molecular flexibility index (Phi) is 5.41. The lowest BCUT2D eigenvalue weighted by atomic mass is 10.0. The smallest absolute Gasteiger partial charge is 0.338 e. The maximum atomic E-state index is 12.1. The molecule has 1 heterocycles. The predicted octanol–water partition coefficient (Wildman–Crippen LogP) is 1.63. The van der Waals surface area contributed by atoms with Crippen LogP contribution in [0.2, 0.25) is 0 Å². The van der Waals surface area contributed by atoms with Crippen LogP contribution in [0, 0.1) is 5.92 Å². The van der Waals surface area contributed by atoms with Crippen molar-refractivity contribution in [1.82, 2.24) is 10.6 Å². The van der Waals surface area contributed by atoms with E-state index in [0.29, 0.717) is 12.8 Å².